The number of carbonyl (C=O) groups is 2. The van der Waals surface area contributed by atoms with E-state index in [2.05, 4.69) is 15.8 Å². The predicted octanol–water partition coefficient (Wildman–Crippen LogP) is 3.48. The molecule has 0 aliphatic rings. The molecule has 0 aliphatic heterocycles. The van der Waals surface area contributed by atoms with Crippen molar-refractivity contribution in [3.05, 3.63) is 76.6 Å². The van der Waals surface area contributed by atoms with Crippen LogP contribution in [0, 0.1) is 13.8 Å². The quantitative estimate of drug-likeness (QED) is 0.353. The number of hydrogen-bond donors (Lipinski definition) is 2. The van der Waals surface area contributed by atoms with Crippen LogP contribution in [0.2, 0.25) is 5.02 Å². The van der Waals surface area contributed by atoms with E-state index in [1.165, 1.54) is 44.5 Å². The fraction of sp³-hybridized carbons (Fsp3) is 0.208. The minimum atomic E-state index is -3.91. The Morgan fingerprint density at radius 1 is 1.11 bits per heavy atom. The molecule has 0 spiro atoms. The molecule has 0 fully saturated rings. The lowest BCUT2D eigenvalue weighted by atomic mass is 10.2. The van der Waals surface area contributed by atoms with Crippen LogP contribution in [0.25, 0.3) is 5.69 Å². The Kier molecular flexibility index (Phi) is 8.11. The van der Waals surface area contributed by atoms with Gasteiger partial charge in [-0.3, -0.25) is 9.59 Å². The zero-order valence-electron chi connectivity index (χ0n) is 19.7. The molecule has 0 saturated carbocycles. The average molecular weight is 516 g/mol. The molecule has 184 valence electrons. The van der Waals surface area contributed by atoms with Crippen molar-refractivity contribution in [1.29, 1.82) is 0 Å². The van der Waals surface area contributed by atoms with Gasteiger partial charge in [-0.05, 0) is 56.3 Å². The first-order valence-electron chi connectivity index (χ1n) is 10.6. The van der Waals surface area contributed by atoms with Crippen LogP contribution < -0.4 is 10.7 Å². The average Bonchev–Trinajstić information content (AvgIpc) is 3.07. The van der Waals surface area contributed by atoms with Gasteiger partial charge in [-0.25, -0.2) is 13.8 Å². The Morgan fingerprint density at radius 2 is 1.77 bits per heavy atom. The molecular weight excluding hydrogens is 490 g/mol. The second kappa shape index (κ2) is 10.9. The third kappa shape index (κ3) is 6.16. The summed E-state index contributed by atoms with van der Waals surface area (Å²) in [4.78, 5) is 23.4. The van der Waals surface area contributed by atoms with Crippen molar-refractivity contribution in [2.24, 2.45) is 5.10 Å². The molecule has 0 bridgehead atoms. The zero-order valence-corrected chi connectivity index (χ0v) is 21.3. The number of likely N-dealkylation sites (N-methyl/N-ethyl adjacent to an activating group) is 1. The van der Waals surface area contributed by atoms with E-state index in [-0.39, 0.29) is 10.8 Å². The molecule has 3 aromatic rings. The van der Waals surface area contributed by atoms with Gasteiger partial charge in [-0.2, -0.15) is 9.41 Å². The number of amides is 2. The first-order chi connectivity index (χ1) is 16.5. The number of hydrazone groups is 1. The van der Waals surface area contributed by atoms with Gasteiger partial charge in [0.1, 0.15) is 0 Å². The lowest BCUT2D eigenvalue weighted by Gasteiger charge is -2.16. The van der Waals surface area contributed by atoms with Crippen LogP contribution in [0.1, 0.15) is 23.9 Å². The molecule has 9 nitrogen and oxygen atoms in total. The highest BCUT2D eigenvalue weighted by molar-refractivity contribution is 7.89. The maximum Gasteiger partial charge on any atom is 0.255 e. The summed E-state index contributed by atoms with van der Waals surface area (Å²) in [5, 5.41) is 7.17. The largest absolute Gasteiger partial charge is 0.326 e. The maximum absolute atomic E-state index is 12.8. The molecule has 0 atom stereocenters. The van der Waals surface area contributed by atoms with Crippen molar-refractivity contribution in [2.75, 3.05) is 18.9 Å². The summed E-state index contributed by atoms with van der Waals surface area (Å²) < 4.78 is 28.4. The number of benzene rings is 2. The van der Waals surface area contributed by atoms with E-state index in [4.69, 9.17) is 11.6 Å². The molecule has 0 saturated heterocycles. The molecule has 2 amide bonds. The number of nitrogens with one attached hydrogen (secondary N) is 2. The topological polar surface area (TPSA) is 113 Å². The molecule has 1 aromatic heterocycles. The predicted molar refractivity (Wildman–Crippen MR) is 137 cm³/mol. The van der Waals surface area contributed by atoms with Crippen molar-refractivity contribution >= 4 is 45.3 Å². The Balaban J connectivity index is 1.65. The molecule has 2 N–H and O–H groups in total. The monoisotopic (exact) mass is 515 g/mol. The van der Waals surface area contributed by atoms with Crippen molar-refractivity contribution in [1.82, 2.24) is 14.3 Å². The van der Waals surface area contributed by atoms with Crippen LogP contribution in [-0.4, -0.2) is 48.9 Å². The van der Waals surface area contributed by atoms with E-state index in [0.29, 0.717) is 10.7 Å². The number of hydrogen-bond acceptors (Lipinski definition) is 5. The maximum atomic E-state index is 12.8. The van der Waals surface area contributed by atoms with Gasteiger partial charge in [0.15, 0.2) is 0 Å². The van der Waals surface area contributed by atoms with Gasteiger partial charge in [-0.15, -0.1) is 0 Å². The van der Waals surface area contributed by atoms with Crippen LogP contribution in [0.3, 0.4) is 0 Å². The minimum Gasteiger partial charge on any atom is -0.326 e. The van der Waals surface area contributed by atoms with E-state index in [1.54, 1.807) is 0 Å². The highest BCUT2D eigenvalue weighted by Crippen LogP contribution is 2.25. The highest BCUT2D eigenvalue weighted by atomic mass is 35.5. The van der Waals surface area contributed by atoms with E-state index in [0.717, 1.165) is 26.9 Å². The number of sulfonamides is 1. The zero-order chi connectivity index (χ0) is 25.8. The van der Waals surface area contributed by atoms with Crippen LogP contribution in [0.5, 0.6) is 0 Å². The molecule has 35 heavy (non-hydrogen) atoms. The fourth-order valence-electron chi connectivity index (χ4n) is 3.51. The number of aromatic nitrogens is 1. The molecule has 0 aliphatic carbocycles. The van der Waals surface area contributed by atoms with E-state index in [1.807, 2.05) is 48.7 Å². The summed E-state index contributed by atoms with van der Waals surface area (Å²) in [5.74, 6) is -0.858. The van der Waals surface area contributed by atoms with Gasteiger partial charge < -0.3 is 9.88 Å². The van der Waals surface area contributed by atoms with Crippen molar-refractivity contribution in [2.45, 2.75) is 25.7 Å². The molecule has 2 aromatic carbocycles. The van der Waals surface area contributed by atoms with Gasteiger partial charge in [0, 0.05) is 36.6 Å². The lowest BCUT2D eigenvalue weighted by Crippen LogP contribution is -2.36. The van der Waals surface area contributed by atoms with E-state index >= 15 is 0 Å². The standard InChI is InChI=1S/C24H26ClN5O4S/c1-16-13-19(17(2)30(16)23-8-6-5-7-22(23)25)14-26-28-24(32)15-29(4)35(33,34)21-11-9-20(10-12-21)27-18(3)31/h5-14H,15H2,1-4H3,(H,27,31)(H,28,32)/b26-14+. The van der Waals surface area contributed by atoms with Gasteiger partial charge in [-0.1, -0.05) is 23.7 Å². The van der Waals surface area contributed by atoms with Crippen molar-refractivity contribution in [3.8, 4) is 5.69 Å². The summed E-state index contributed by atoms with van der Waals surface area (Å²) in [7, 11) is -2.60. The van der Waals surface area contributed by atoms with Gasteiger partial charge in [0.25, 0.3) is 5.91 Å². The third-order valence-corrected chi connectivity index (χ3v) is 7.34. The minimum absolute atomic E-state index is 0.00239. The number of halogens is 1. The Bertz CT molecular complexity index is 1380. The number of aryl methyl sites for hydroxylation is 1. The van der Waals surface area contributed by atoms with Crippen molar-refractivity contribution in [3.63, 3.8) is 0 Å². The summed E-state index contributed by atoms with van der Waals surface area (Å²) in [5.41, 5.74) is 6.28. The normalized spacial score (nSPS) is 11.7. The summed E-state index contributed by atoms with van der Waals surface area (Å²) >= 11 is 6.33. The van der Waals surface area contributed by atoms with Gasteiger partial charge in [0.05, 0.1) is 28.4 Å². The first-order valence-corrected chi connectivity index (χ1v) is 12.4. The van der Waals surface area contributed by atoms with Crippen LogP contribution in [0.15, 0.2) is 64.6 Å². The smallest absolute Gasteiger partial charge is 0.255 e. The molecule has 0 unspecified atom stereocenters. The van der Waals surface area contributed by atoms with Crippen molar-refractivity contribution < 1.29 is 18.0 Å². The van der Waals surface area contributed by atoms with E-state index < -0.39 is 22.5 Å². The number of carbonyl (C=O) groups excluding carboxylic acids is 2. The summed E-state index contributed by atoms with van der Waals surface area (Å²) in [6.45, 7) is 4.79. The van der Waals surface area contributed by atoms with E-state index in [9.17, 15) is 18.0 Å². The SMILES string of the molecule is CC(=O)Nc1ccc(S(=O)(=O)N(C)CC(=O)N/N=C/c2cc(C)n(-c3ccccc3Cl)c2C)cc1. The Labute approximate surface area is 209 Å². The first kappa shape index (κ1) is 26.1. The second-order valence-corrected chi connectivity index (χ2v) is 10.3. The van der Waals surface area contributed by atoms with Gasteiger partial charge in [0.2, 0.25) is 15.9 Å². The highest BCUT2D eigenvalue weighted by Gasteiger charge is 2.23. The van der Waals surface area contributed by atoms with Crippen LogP contribution >= 0.6 is 11.6 Å². The Morgan fingerprint density at radius 3 is 2.40 bits per heavy atom. The molecule has 11 heteroatoms. The van der Waals surface area contributed by atoms with Crippen LogP contribution in [-0.2, 0) is 19.6 Å². The fourth-order valence-corrected chi connectivity index (χ4v) is 4.86. The lowest BCUT2D eigenvalue weighted by molar-refractivity contribution is -0.121. The summed E-state index contributed by atoms with van der Waals surface area (Å²) in [6, 6.07) is 15.1. The third-order valence-electron chi connectivity index (χ3n) is 5.21. The molecule has 3 rings (SSSR count). The number of nitrogens with zero attached hydrogens (tertiary/aromatic N) is 3. The number of anilines is 1. The molecular formula is C24H26ClN5O4S. The number of para-hydroxylation sites is 1. The number of rotatable bonds is 8. The molecule has 1 heterocycles. The van der Waals surface area contributed by atoms with Crippen LogP contribution in [0.4, 0.5) is 5.69 Å². The summed E-state index contributed by atoms with van der Waals surface area (Å²) in [6.07, 6.45) is 1.50. The molecule has 0 radical (unpaired) electrons. The van der Waals surface area contributed by atoms with Gasteiger partial charge >= 0.3 is 0 Å². The Hall–Kier alpha value is -3.47. The second-order valence-electron chi connectivity index (χ2n) is 7.87.